The average Bonchev–Trinajstić information content (AvgIpc) is 3.06. The van der Waals surface area contributed by atoms with Crippen LogP contribution in [0.3, 0.4) is 0 Å². The van der Waals surface area contributed by atoms with Crippen LogP contribution in [0.5, 0.6) is 0 Å². The first-order valence-corrected chi connectivity index (χ1v) is 6.62. The summed E-state index contributed by atoms with van der Waals surface area (Å²) in [7, 11) is 0. The lowest BCUT2D eigenvalue weighted by Crippen LogP contribution is -2.22. The van der Waals surface area contributed by atoms with Crippen molar-refractivity contribution in [3.8, 4) is 0 Å². The zero-order valence-corrected chi connectivity index (χ0v) is 10.8. The standard InChI is InChI=1S/C13H17Cl2N/c14-11-6-7-12(15)10(8-11)2-1-3-13(16)9-4-5-9/h6-9,13H,1-5,16H2. The molecule has 0 aliphatic heterocycles. The van der Waals surface area contributed by atoms with Crippen molar-refractivity contribution in [2.75, 3.05) is 0 Å². The zero-order valence-electron chi connectivity index (χ0n) is 9.26. The molecule has 16 heavy (non-hydrogen) atoms. The van der Waals surface area contributed by atoms with Gasteiger partial charge in [-0.15, -0.1) is 0 Å². The fraction of sp³-hybridized carbons (Fsp3) is 0.538. The molecule has 0 amide bonds. The van der Waals surface area contributed by atoms with E-state index >= 15 is 0 Å². The number of rotatable bonds is 5. The van der Waals surface area contributed by atoms with Crippen LogP contribution in [0, 0.1) is 5.92 Å². The Balaban J connectivity index is 1.81. The third-order valence-corrected chi connectivity index (χ3v) is 3.82. The molecule has 3 heteroatoms. The van der Waals surface area contributed by atoms with Crippen LogP contribution < -0.4 is 5.73 Å². The Hall–Kier alpha value is -0.240. The smallest absolute Gasteiger partial charge is 0.0439 e. The van der Waals surface area contributed by atoms with E-state index in [0.29, 0.717) is 6.04 Å². The van der Waals surface area contributed by atoms with Crippen molar-refractivity contribution in [2.24, 2.45) is 11.7 Å². The summed E-state index contributed by atoms with van der Waals surface area (Å²) in [6.07, 6.45) is 5.79. The number of hydrogen-bond donors (Lipinski definition) is 1. The van der Waals surface area contributed by atoms with Gasteiger partial charge < -0.3 is 5.73 Å². The topological polar surface area (TPSA) is 26.0 Å². The van der Waals surface area contributed by atoms with E-state index < -0.39 is 0 Å². The zero-order chi connectivity index (χ0) is 11.5. The molecular weight excluding hydrogens is 241 g/mol. The van der Waals surface area contributed by atoms with Gasteiger partial charge in [-0.05, 0) is 61.8 Å². The molecule has 1 aliphatic carbocycles. The van der Waals surface area contributed by atoms with Crippen LogP contribution in [0.1, 0.15) is 31.2 Å². The number of nitrogens with two attached hydrogens (primary N) is 1. The van der Waals surface area contributed by atoms with Crippen LogP contribution in [0.2, 0.25) is 10.0 Å². The minimum Gasteiger partial charge on any atom is -0.327 e. The highest BCUT2D eigenvalue weighted by molar-refractivity contribution is 6.33. The number of benzene rings is 1. The van der Waals surface area contributed by atoms with Crippen LogP contribution in [-0.4, -0.2) is 6.04 Å². The van der Waals surface area contributed by atoms with E-state index in [1.807, 2.05) is 18.2 Å². The fourth-order valence-electron chi connectivity index (χ4n) is 2.02. The van der Waals surface area contributed by atoms with Gasteiger partial charge in [0, 0.05) is 16.1 Å². The molecule has 0 aromatic heterocycles. The van der Waals surface area contributed by atoms with Gasteiger partial charge in [0.1, 0.15) is 0 Å². The summed E-state index contributed by atoms with van der Waals surface area (Å²) in [4.78, 5) is 0. The van der Waals surface area contributed by atoms with Crippen LogP contribution in [-0.2, 0) is 6.42 Å². The predicted octanol–water partition coefficient (Wildman–Crippen LogP) is 4.05. The molecule has 1 unspecified atom stereocenters. The molecule has 1 nitrogen and oxygen atoms in total. The van der Waals surface area contributed by atoms with Gasteiger partial charge in [0.05, 0.1) is 0 Å². The van der Waals surface area contributed by atoms with Gasteiger partial charge in [0.25, 0.3) is 0 Å². The first-order chi connectivity index (χ1) is 7.66. The second kappa shape index (κ2) is 5.39. The molecule has 1 fully saturated rings. The molecule has 88 valence electrons. The lowest BCUT2D eigenvalue weighted by atomic mass is 10.0. The molecule has 2 rings (SSSR count). The van der Waals surface area contributed by atoms with Crippen molar-refractivity contribution in [2.45, 2.75) is 38.1 Å². The van der Waals surface area contributed by atoms with Crippen molar-refractivity contribution in [3.05, 3.63) is 33.8 Å². The van der Waals surface area contributed by atoms with Gasteiger partial charge >= 0.3 is 0 Å². The quantitative estimate of drug-likeness (QED) is 0.847. The number of aryl methyl sites for hydroxylation is 1. The van der Waals surface area contributed by atoms with Gasteiger partial charge in [0.15, 0.2) is 0 Å². The molecule has 0 heterocycles. The van der Waals surface area contributed by atoms with Crippen molar-refractivity contribution in [1.82, 2.24) is 0 Å². The Morgan fingerprint density at radius 3 is 2.75 bits per heavy atom. The highest BCUT2D eigenvalue weighted by Gasteiger charge is 2.27. The molecule has 0 saturated heterocycles. The highest BCUT2D eigenvalue weighted by atomic mass is 35.5. The molecule has 1 saturated carbocycles. The average molecular weight is 258 g/mol. The summed E-state index contributed by atoms with van der Waals surface area (Å²) in [5, 5.41) is 1.57. The molecule has 0 bridgehead atoms. The minimum atomic E-state index is 0.387. The lowest BCUT2D eigenvalue weighted by Gasteiger charge is -2.10. The molecule has 1 aromatic rings. The first-order valence-electron chi connectivity index (χ1n) is 5.86. The van der Waals surface area contributed by atoms with Crippen molar-refractivity contribution in [1.29, 1.82) is 0 Å². The second-order valence-electron chi connectivity index (χ2n) is 4.63. The Morgan fingerprint density at radius 2 is 2.06 bits per heavy atom. The van der Waals surface area contributed by atoms with Gasteiger partial charge in [0.2, 0.25) is 0 Å². The number of hydrogen-bond acceptors (Lipinski definition) is 1. The fourth-order valence-corrected chi connectivity index (χ4v) is 2.43. The summed E-state index contributed by atoms with van der Waals surface area (Å²) < 4.78 is 0. The summed E-state index contributed by atoms with van der Waals surface area (Å²) in [5.74, 6) is 0.787. The molecular formula is C13H17Cl2N. The van der Waals surface area contributed by atoms with Gasteiger partial charge in [-0.3, -0.25) is 0 Å². The Kier molecular flexibility index (Phi) is 4.12. The molecule has 1 atom stereocenters. The van der Waals surface area contributed by atoms with E-state index in [1.54, 1.807) is 0 Å². The normalized spacial score (nSPS) is 17.4. The Bertz CT molecular complexity index is 361. The largest absolute Gasteiger partial charge is 0.327 e. The molecule has 1 aliphatic rings. The van der Waals surface area contributed by atoms with Gasteiger partial charge in [-0.1, -0.05) is 23.2 Å². The van der Waals surface area contributed by atoms with Crippen LogP contribution in [0.25, 0.3) is 0 Å². The maximum Gasteiger partial charge on any atom is 0.0439 e. The number of halogens is 2. The molecule has 0 spiro atoms. The summed E-state index contributed by atoms with van der Waals surface area (Å²) in [6.45, 7) is 0. The third kappa shape index (κ3) is 3.38. The summed E-state index contributed by atoms with van der Waals surface area (Å²) >= 11 is 12.0. The van der Waals surface area contributed by atoms with E-state index in [1.165, 1.54) is 12.8 Å². The third-order valence-electron chi connectivity index (χ3n) is 3.22. The second-order valence-corrected chi connectivity index (χ2v) is 5.47. The molecule has 2 N–H and O–H groups in total. The van der Waals surface area contributed by atoms with E-state index in [4.69, 9.17) is 28.9 Å². The van der Waals surface area contributed by atoms with Crippen LogP contribution in [0.15, 0.2) is 18.2 Å². The van der Waals surface area contributed by atoms with E-state index in [9.17, 15) is 0 Å². The van der Waals surface area contributed by atoms with Crippen molar-refractivity contribution < 1.29 is 0 Å². The van der Waals surface area contributed by atoms with Crippen molar-refractivity contribution in [3.63, 3.8) is 0 Å². The Morgan fingerprint density at radius 1 is 1.31 bits per heavy atom. The maximum absolute atomic E-state index is 6.10. The summed E-state index contributed by atoms with van der Waals surface area (Å²) in [6, 6.07) is 6.02. The molecule has 0 radical (unpaired) electrons. The van der Waals surface area contributed by atoms with Gasteiger partial charge in [-0.2, -0.15) is 0 Å². The van der Waals surface area contributed by atoms with Crippen molar-refractivity contribution >= 4 is 23.2 Å². The maximum atomic E-state index is 6.10. The molecule has 1 aromatic carbocycles. The van der Waals surface area contributed by atoms with Gasteiger partial charge in [-0.25, -0.2) is 0 Å². The van der Waals surface area contributed by atoms with E-state index in [0.717, 1.165) is 40.8 Å². The SMILES string of the molecule is NC(CCCc1cc(Cl)ccc1Cl)C1CC1. The van der Waals surface area contributed by atoms with Crippen LogP contribution in [0.4, 0.5) is 0 Å². The first kappa shape index (κ1) is 12.2. The monoisotopic (exact) mass is 257 g/mol. The highest BCUT2D eigenvalue weighted by Crippen LogP contribution is 2.33. The van der Waals surface area contributed by atoms with Crippen LogP contribution >= 0.6 is 23.2 Å². The Labute approximate surface area is 107 Å². The minimum absolute atomic E-state index is 0.387. The van der Waals surface area contributed by atoms with E-state index in [2.05, 4.69) is 0 Å². The summed E-state index contributed by atoms with van der Waals surface area (Å²) in [5.41, 5.74) is 7.19. The predicted molar refractivity (Wildman–Crippen MR) is 70.1 cm³/mol. The lowest BCUT2D eigenvalue weighted by molar-refractivity contribution is 0.528. The van der Waals surface area contributed by atoms with E-state index in [-0.39, 0.29) is 0 Å².